The highest BCUT2D eigenvalue weighted by Gasteiger charge is 2.40. The lowest BCUT2D eigenvalue weighted by Crippen LogP contribution is -2.32. The smallest absolute Gasteiger partial charge is 0.272 e. The van der Waals surface area contributed by atoms with Gasteiger partial charge in [-0.15, -0.1) is 11.8 Å². The Morgan fingerprint density at radius 3 is 2.31 bits per heavy atom. The molecule has 1 aliphatic heterocycles. The van der Waals surface area contributed by atoms with Crippen LogP contribution < -0.4 is 9.64 Å². The first kappa shape index (κ1) is 18.3. The first-order valence-corrected chi connectivity index (χ1v) is 9.44. The number of ether oxygens (including phenoxy) is 1. The van der Waals surface area contributed by atoms with Gasteiger partial charge in [-0.3, -0.25) is 9.59 Å². The van der Waals surface area contributed by atoms with Crippen molar-refractivity contribution < 1.29 is 14.3 Å². The van der Waals surface area contributed by atoms with E-state index in [0.717, 1.165) is 16.7 Å². The van der Waals surface area contributed by atoms with E-state index in [2.05, 4.69) is 0 Å². The minimum atomic E-state index is -0.273. The standard InChI is InChI=1S/C21H21NO3S/c1-5-26-19-18(15-8-10-16(25-4)11-9-15)20(23)22(21(19)24)17-12-13(2)6-7-14(17)3/h6-12H,5H2,1-4H3. The third kappa shape index (κ3) is 3.15. The minimum absolute atomic E-state index is 0.249. The van der Waals surface area contributed by atoms with Crippen molar-refractivity contribution in [2.75, 3.05) is 17.8 Å². The van der Waals surface area contributed by atoms with Gasteiger partial charge in [0.2, 0.25) is 0 Å². The molecule has 1 aliphatic rings. The van der Waals surface area contributed by atoms with Gasteiger partial charge in [0.05, 0.1) is 23.3 Å². The molecule has 2 aromatic carbocycles. The first-order chi connectivity index (χ1) is 12.5. The molecule has 0 saturated heterocycles. The van der Waals surface area contributed by atoms with Crippen molar-refractivity contribution in [3.05, 3.63) is 64.1 Å². The average Bonchev–Trinajstić information content (AvgIpc) is 2.88. The summed E-state index contributed by atoms with van der Waals surface area (Å²) in [5.41, 5.74) is 3.75. The normalized spacial score (nSPS) is 14.4. The van der Waals surface area contributed by atoms with Gasteiger partial charge in [0.15, 0.2) is 0 Å². The van der Waals surface area contributed by atoms with Crippen LogP contribution >= 0.6 is 11.8 Å². The minimum Gasteiger partial charge on any atom is -0.497 e. The summed E-state index contributed by atoms with van der Waals surface area (Å²) in [5, 5.41) is 0. The maximum atomic E-state index is 13.2. The summed E-state index contributed by atoms with van der Waals surface area (Å²) in [5.74, 6) is 0.905. The van der Waals surface area contributed by atoms with Crippen molar-refractivity contribution in [1.82, 2.24) is 0 Å². The van der Waals surface area contributed by atoms with Gasteiger partial charge in [0.25, 0.3) is 11.8 Å². The van der Waals surface area contributed by atoms with Crippen LogP contribution in [0.15, 0.2) is 47.4 Å². The number of hydrogen-bond donors (Lipinski definition) is 0. The predicted octanol–water partition coefficient (Wildman–Crippen LogP) is 4.35. The lowest BCUT2D eigenvalue weighted by atomic mass is 10.1. The Morgan fingerprint density at radius 1 is 1.00 bits per heavy atom. The van der Waals surface area contributed by atoms with E-state index in [0.29, 0.717) is 27.7 Å². The fourth-order valence-corrected chi connectivity index (χ4v) is 3.83. The van der Waals surface area contributed by atoms with Crippen LogP contribution in [0.3, 0.4) is 0 Å². The fraction of sp³-hybridized carbons (Fsp3) is 0.238. The van der Waals surface area contributed by atoms with Crippen LogP contribution in [0.25, 0.3) is 5.57 Å². The number of benzene rings is 2. The number of methoxy groups -OCH3 is 1. The summed E-state index contributed by atoms with van der Waals surface area (Å²) >= 11 is 1.41. The zero-order valence-corrected chi connectivity index (χ0v) is 16.1. The predicted molar refractivity (Wildman–Crippen MR) is 106 cm³/mol. The number of nitrogens with zero attached hydrogens (tertiary/aromatic N) is 1. The summed E-state index contributed by atoms with van der Waals surface area (Å²) in [4.78, 5) is 28.1. The molecule has 0 bridgehead atoms. The number of rotatable bonds is 5. The number of anilines is 1. The zero-order chi connectivity index (χ0) is 18.8. The van der Waals surface area contributed by atoms with Crippen LogP contribution in [0.1, 0.15) is 23.6 Å². The highest BCUT2D eigenvalue weighted by Crippen LogP contribution is 2.39. The second-order valence-electron chi connectivity index (χ2n) is 6.10. The van der Waals surface area contributed by atoms with Crippen LogP contribution in [-0.4, -0.2) is 24.7 Å². The molecule has 1 heterocycles. The van der Waals surface area contributed by atoms with Crippen molar-refractivity contribution in [2.45, 2.75) is 20.8 Å². The average molecular weight is 367 g/mol. The van der Waals surface area contributed by atoms with Gasteiger partial charge in [-0.1, -0.05) is 31.2 Å². The zero-order valence-electron chi connectivity index (χ0n) is 15.3. The molecule has 0 N–H and O–H groups in total. The molecule has 4 nitrogen and oxygen atoms in total. The second-order valence-corrected chi connectivity index (χ2v) is 7.38. The molecule has 0 unspecified atom stereocenters. The van der Waals surface area contributed by atoms with E-state index in [1.54, 1.807) is 19.2 Å². The molecule has 26 heavy (non-hydrogen) atoms. The number of carbonyl (C=O) groups is 2. The molecule has 5 heteroatoms. The Kier molecular flexibility index (Phi) is 5.18. The number of carbonyl (C=O) groups excluding carboxylic acids is 2. The van der Waals surface area contributed by atoms with Gasteiger partial charge >= 0.3 is 0 Å². The van der Waals surface area contributed by atoms with Gasteiger partial charge in [-0.25, -0.2) is 4.90 Å². The van der Waals surface area contributed by atoms with E-state index < -0.39 is 0 Å². The number of aryl methyl sites for hydroxylation is 2. The third-order valence-corrected chi connectivity index (χ3v) is 5.27. The second kappa shape index (κ2) is 7.38. The highest BCUT2D eigenvalue weighted by molar-refractivity contribution is 8.04. The molecule has 0 aliphatic carbocycles. The monoisotopic (exact) mass is 367 g/mol. The molecular weight excluding hydrogens is 346 g/mol. The van der Waals surface area contributed by atoms with Crippen molar-refractivity contribution >= 4 is 34.8 Å². The molecule has 0 fully saturated rings. The van der Waals surface area contributed by atoms with Gasteiger partial charge in [0, 0.05) is 0 Å². The maximum Gasteiger partial charge on any atom is 0.272 e. The summed E-state index contributed by atoms with van der Waals surface area (Å²) in [6.07, 6.45) is 0. The highest BCUT2D eigenvalue weighted by atomic mass is 32.2. The molecule has 3 rings (SSSR count). The van der Waals surface area contributed by atoms with E-state index in [9.17, 15) is 9.59 Å². The SMILES string of the molecule is CCSC1=C(c2ccc(OC)cc2)C(=O)N(c2cc(C)ccc2C)C1=O. The largest absolute Gasteiger partial charge is 0.497 e. The summed E-state index contributed by atoms with van der Waals surface area (Å²) in [6.45, 7) is 5.84. The van der Waals surface area contributed by atoms with Crippen LogP contribution in [0, 0.1) is 13.8 Å². The van der Waals surface area contributed by atoms with Gasteiger partial charge in [-0.2, -0.15) is 0 Å². The Balaban J connectivity index is 2.10. The first-order valence-electron chi connectivity index (χ1n) is 8.45. The van der Waals surface area contributed by atoms with Gasteiger partial charge in [0.1, 0.15) is 5.75 Å². The Morgan fingerprint density at radius 2 is 1.69 bits per heavy atom. The van der Waals surface area contributed by atoms with Crippen molar-refractivity contribution in [3.63, 3.8) is 0 Å². The van der Waals surface area contributed by atoms with Crippen LogP contribution in [0.4, 0.5) is 5.69 Å². The third-order valence-electron chi connectivity index (χ3n) is 4.31. The molecular formula is C21H21NO3S. The lowest BCUT2D eigenvalue weighted by molar-refractivity contribution is -0.119. The molecule has 0 saturated carbocycles. The molecule has 0 aromatic heterocycles. The molecule has 134 valence electrons. The molecule has 2 aromatic rings. The Hall–Kier alpha value is -2.53. The summed E-state index contributed by atoms with van der Waals surface area (Å²) in [6, 6.07) is 13.0. The van der Waals surface area contributed by atoms with E-state index in [1.165, 1.54) is 16.7 Å². The molecule has 0 atom stereocenters. The maximum absolute atomic E-state index is 13.2. The lowest BCUT2D eigenvalue weighted by Gasteiger charge is -2.18. The van der Waals surface area contributed by atoms with E-state index in [-0.39, 0.29) is 11.8 Å². The van der Waals surface area contributed by atoms with Crippen molar-refractivity contribution in [3.8, 4) is 5.75 Å². The van der Waals surface area contributed by atoms with Crippen molar-refractivity contribution in [1.29, 1.82) is 0 Å². The molecule has 0 spiro atoms. The van der Waals surface area contributed by atoms with E-state index in [1.807, 2.05) is 51.1 Å². The van der Waals surface area contributed by atoms with Crippen LogP contribution in [0.5, 0.6) is 5.75 Å². The van der Waals surface area contributed by atoms with Gasteiger partial charge < -0.3 is 4.74 Å². The topological polar surface area (TPSA) is 46.6 Å². The Labute approximate surface area is 157 Å². The van der Waals surface area contributed by atoms with Crippen LogP contribution in [0.2, 0.25) is 0 Å². The quantitative estimate of drug-likeness (QED) is 0.737. The molecule has 0 radical (unpaired) electrons. The van der Waals surface area contributed by atoms with Crippen molar-refractivity contribution in [2.24, 2.45) is 0 Å². The Bertz CT molecular complexity index is 900. The number of amides is 2. The fourth-order valence-electron chi connectivity index (χ4n) is 2.98. The van der Waals surface area contributed by atoms with E-state index >= 15 is 0 Å². The van der Waals surface area contributed by atoms with E-state index in [4.69, 9.17) is 4.74 Å². The number of thioether (sulfide) groups is 1. The number of imide groups is 1. The molecule has 2 amide bonds. The number of hydrogen-bond acceptors (Lipinski definition) is 4. The van der Waals surface area contributed by atoms with Crippen LogP contribution in [-0.2, 0) is 9.59 Å². The summed E-state index contributed by atoms with van der Waals surface area (Å²) < 4.78 is 5.19. The van der Waals surface area contributed by atoms with Gasteiger partial charge in [-0.05, 0) is 54.5 Å². The summed E-state index contributed by atoms with van der Waals surface area (Å²) in [7, 11) is 1.60.